The summed E-state index contributed by atoms with van der Waals surface area (Å²) in [6, 6.07) is 49.5. The van der Waals surface area contributed by atoms with Crippen molar-refractivity contribution in [3.8, 4) is 29.7 Å². The summed E-state index contributed by atoms with van der Waals surface area (Å²) in [7, 11) is 4.42. The molecule has 119 heavy (non-hydrogen) atoms. The van der Waals surface area contributed by atoms with Gasteiger partial charge >= 0.3 is 0 Å². The molecule has 6 saturated heterocycles. The Bertz CT molecular complexity index is 5070. The van der Waals surface area contributed by atoms with Gasteiger partial charge < -0.3 is 59.7 Å². The number of nitrogens with one attached hydrogen (secondary N) is 2. The number of carbonyl (C=O) groups excluding carboxylic acids is 10. The number of aromatic nitrogens is 3. The first-order valence-corrected chi connectivity index (χ1v) is 42.5. The van der Waals surface area contributed by atoms with Gasteiger partial charge in [-0.1, -0.05) is 103 Å². The highest BCUT2D eigenvalue weighted by Crippen LogP contribution is 2.66. The maximum Gasteiger partial charge on any atom is 0.286 e. The van der Waals surface area contributed by atoms with Gasteiger partial charge in [0.1, 0.15) is 11.5 Å². The predicted octanol–water partition coefficient (Wildman–Crippen LogP) is 13.3. The third-order valence-corrected chi connectivity index (χ3v) is 29.0. The Morgan fingerprint density at radius 3 is 1.08 bits per heavy atom. The van der Waals surface area contributed by atoms with Crippen molar-refractivity contribution in [2.75, 3.05) is 31.8 Å². The van der Waals surface area contributed by atoms with E-state index in [1.54, 1.807) is 179 Å². The minimum absolute atomic E-state index is 0.0182. The van der Waals surface area contributed by atoms with Gasteiger partial charge in [0, 0.05) is 89.9 Å². The van der Waals surface area contributed by atoms with E-state index in [-0.39, 0.29) is 51.5 Å². The van der Waals surface area contributed by atoms with E-state index >= 15 is 0 Å². The number of hydrogen-bond donors (Lipinski definition) is 4. The molecule has 4 aromatic carbocycles. The molecule has 6 fully saturated rings. The number of pyridine rings is 3. The molecule has 7 aromatic rings. The first kappa shape index (κ1) is 89.5. The van der Waals surface area contributed by atoms with Gasteiger partial charge in [-0.05, 0) is 215 Å². The number of nitrogens with zero attached hydrogens (tertiary/aromatic N) is 12. The van der Waals surface area contributed by atoms with Crippen LogP contribution in [0.3, 0.4) is 0 Å². The Hall–Kier alpha value is -10.3. The third-order valence-electron chi connectivity index (χ3n) is 21.6. The van der Waals surface area contributed by atoms with Crippen LogP contribution in [0.5, 0.6) is 11.5 Å². The van der Waals surface area contributed by atoms with Crippen molar-refractivity contribution in [2.24, 2.45) is 16.2 Å². The zero-order valence-corrected chi connectivity index (χ0v) is 73.0. The number of benzene rings is 4. The number of piperazine rings is 3. The summed E-state index contributed by atoms with van der Waals surface area (Å²) >= 11 is 15.8. The van der Waals surface area contributed by atoms with Gasteiger partial charge in [-0.25, -0.2) is 0 Å². The summed E-state index contributed by atoms with van der Waals surface area (Å²) in [5.74, 6) is -2.14. The molecule has 0 aliphatic carbocycles. The van der Waals surface area contributed by atoms with Crippen molar-refractivity contribution < 1.29 is 67.6 Å². The normalized spacial score (nSPS) is 27.8. The molecule has 0 bridgehead atoms. The largest absolute Gasteiger partial charge is 0.440 e. The second-order valence-corrected chi connectivity index (χ2v) is 39.5. The molecule has 28 nitrogen and oxygen atoms in total. The van der Waals surface area contributed by atoms with Gasteiger partial charge in [0.05, 0.1) is 77.2 Å². The number of aryl methyl sites for hydroxylation is 1. The molecule has 0 spiro atoms. The van der Waals surface area contributed by atoms with Gasteiger partial charge in [-0.15, -0.1) is 0 Å². The van der Waals surface area contributed by atoms with E-state index in [0.717, 1.165) is 52.7 Å². The van der Waals surface area contributed by atoms with Crippen molar-refractivity contribution >= 4 is 171 Å². The van der Waals surface area contributed by atoms with Crippen LogP contribution in [0.1, 0.15) is 127 Å². The van der Waals surface area contributed by atoms with Crippen LogP contribution < -0.4 is 20.1 Å². The highest BCUT2D eigenvalue weighted by molar-refractivity contribution is 8.24. The summed E-state index contributed by atoms with van der Waals surface area (Å²) in [4.78, 5) is 148. The summed E-state index contributed by atoms with van der Waals surface area (Å²) in [5.41, 5.74) is 0.433. The molecule has 3 unspecified atom stereocenters. The van der Waals surface area contributed by atoms with Gasteiger partial charge in [-0.2, -0.15) is 15.8 Å². The Morgan fingerprint density at radius 2 is 0.748 bits per heavy atom. The Labute approximate surface area is 723 Å². The molecule has 8 amide bonds. The Morgan fingerprint density at radius 1 is 0.437 bits per heavy atom. The number of aliphatic hydroxyl groups excluding tert-OH is 2. The van der Waals surface area contributed by atoms with Crippen LogP contribution in [0.4, 0.5) is 21.0 Å². The topological polar surface area (TPSA) is 383 Å². The van der Waals surface area contributed by atoms with Crippen LogP contribution in [0, 0.1) is 57.2 Å². The molecular weight excluding hydrogens is 1670 g/mol. The number of anilines is 2. The molecule has 6 aliphatic heterocycles. The molecule has 616 valence electrons. The van der Waals surface area contributed by atoms with Gasteiger partial charge in [-0.3, -0.25) is 62.9 Å². The SMILES string of the molecule is CC(=O)S[C@@]1(C)C(=O)N2C(c3ccc(C)nc3)[C@@](C)(C#N)C[C@]2(SC(C)=O)C(=O)N1C.CN1C(=O)[C@@]2(SC(=O)Nc3ccccc3)C[C@](C)(C#N)C(c3ccc(CO)nc3)N2C(=O)[C@]1(C)SC(=O)Nc1ccccc1.CN1C(=O)[C@@]2(SC(=S)Oc3ccccc3)C[C@](C)(C#N)C(c3ccc(CO)nc3)N2C(=O)[C@]1(C)SC(=S)Oc1ccccc1. The summed E-state index contributed by atoms with van der Waals surface area (Å²) in [6.07, 6.45) is 4.35. The van der Waals surface area contributed by atoms with Crippen molar-refractivity contribution in [3.63, 3.8) is 0 Å². The number of thiocarbonyl (C=S) groups is 2. The van der Waals surface area contributed by atoms with Crippen molar-refractivity contribution in [1.29, 1.82) is 15.8 Å². The van der Waals surface area contributed by atoms with Crippen LogP contribution in [0.25, 0.3) is 0 Å². The van der Waals surface area contributed by atoms with E-state index in [0.29, 0.717) is 74.5 Å². The average Bonchev–Trinajstić information content (AvgIpc) is 1.55. The molecule has 13 rings (SSSR count). The zero-order chi connectivity index (χ0) is 86.8. The van der Waals surface area contributed by atoms with E-state index in [2.05, 4.69) is 43.8 Å². The number of carbonyl (C=O) groups is 10. The number of thioether (sulfide) groups is 6. The number of nitriles is 3. The van der Waals surface area contributed by atoms with Crippen molar-refractivity contribution in [1.82, 2.24) is 44.4 Å². The van der Waals surface area contributed by atoms with Crippen LogP contribution in [0.2, 0.25) is 0 Å². The number of ether oxygens (including phenoxy) is 2. The van der Waals surface area contributed by atoms with Crippen molar-refractivity contribution in [3.05, 3.63) is 210 Å². The zero-order valence-electron chi connectivity index (χ0n) is 66.4. The maximum absolute atomic E-state index is 14.9. The molecular formula is C83H82N14O14S8. The quantitative estimate of drug-likeness (QED) is 0.0693. The molecule has 12 atom stereocenters. The summed E-state index contributed by atoms with van der Waals surface area (Å²) in [5, 5.41) is 54.0. The lowest BCUT2D eigenvalue weighted by Crippen LogP contribution is -2.71. The lowest BCUT2D eigenvalue weighted by Gasteiger charge is -2.52. The van der Waals surface area contributed by atoms with E-state index in [1.165, 1.54) is 90.6 Å². The molecule has 6 aliphatic rings. The molecule has 4 N–H and O–H groups in total. The first-order chi connectivity index (χ1) is 56.3. The molecule has 3 aromatic heterocycles. The van der Waals surface area contributed by atoms with Crippen molar-refractivity contribution in [2.45, 2.75) is 142 Å². The van der Waals surface area contributed by atoms with E-state index in [9.17, 15) is 73.9 Å². The van der Waals surface area contributed by atoms with E-state index in [1.807, 2.05) is 19.1 Å². The number of fused-ring (bicyclic) bond motifs is 3. The summed E-state index contributed by atoms with van der Waals surface area (Å²) in [6.45, 7) is 13.6. The average molecular weight is 1760 g/mol. The number of likely N-dealkylation sites (N-methyl/N-ethyl adjacent to an activating group) is 3. The number of hydrogen-bond acceptors (Lipinski definition) is 28. The van der Waals surface area contributed by atoms with E-state index < -0.39 is 110 Å². The fraction of sp³-hybridized carbons (Fsp3) is 0.349. The second-order valence-electron chi connectivity index (χ2n) is 29.9. The standard InChI is InChI=1S/C31H30N6O5S2.C31H28N4O5S4.C21H24N4O4S2/c1-29(19-32)18-31(44-28(42)35-22-12-8-5-9-13-22)26(40)36(3)30(2,43-27(41)34-21-10-6-4-7-11-21)25(39)37(31)24(29)20-14-15-23(17-38)33-16-20;1-29(19-32)18-31(44-28(42)40-23-12-8-5-9-13-23)26(38)34(3)30(2,43-27(41)39-22-10-6-4-7-11-22)25(37)35(31)24(29)20-14-15-21(17-36)33-16-20;1-12-7-8-15(9-23-12)16-19(4,11-22)10-21(31-14(3)27)18(29)24(6)20(5,30-13(2)26)17(28)25(16)21/h4-16,24,38H,17-18H2,1-3H3,(H,34,41)(H,35,42);4-16,24,36H,17-18H2,1-3H3;7-9,16H,10H2,1-6H3/t2*24?,29-,30+,31+;16?,19-,20+,21+/m111/s1. The number of para-hydroxylation sites is 4. The number of amides is 8. The lowest BCUT2D eigenvalue weighted by atomic mass is 9.80. The predicted molar refractivity (Wildman–Crippen MR) is 462 cm³/mol. The minimum atomic E-state index is -1.81. The molecule has 0 saturated carbocycles. The third kappa shape index (κ3) is 16.9. The van der Waals surface area contributed by atoms with Gasteiger partial charge in [0.2, 0.25) is 8.77 Å². The molecule has 36 heteroatoms. The molecule has 9 heterocycles. The smallest absolute Gasteiger partial charge is 0.286 e. The Balaban J connectivity index is 0.000000178. The Kier molecular flexibility index (Phi) is 26.5. The fourth-order valence-corrected chi connectivity index (χ4v) is 23.5. The van der Waals surface area contributed by atoms with Crippen LogP contribution in [-0.4, -0.2) is 170 Å². The maximum atomic E-state index is 14.9. The number of rotatable bonds is 15. The van der Waals surface area contributed by atoms with Gasteiger partial charge in [0.15, 0.2) is 39.5 Å². The fourth-order valence-electron chi connectivity index (χ4n) is 15.7. The summed E-state index contributed by atoms with van der Waals surface area (Å²) < 4.78 is 11.8. The first-order valence-electron chi connectivity index (χ1n) is 36.8. The van der Waals surface area contributed by atoms with Crippen LogP contribution in [0.15, 0.2) is 176 Å². The molecule has 0 radical (unpaired) electrons. The monoisotopic (exact) mass is 1750 g/mol. The van der Waals surface area contributed by atoms with E-state index in [4.69, 9.17) is 33.9 Å². The second kappa shape index (κ2) is 35.2. The highest BCUT2D eigenvalue weighted by atomic mass is 32.2. The van der Waals surface area contributed by atoms with Crippen LogP contribution >= 0.6 is 95.0 Å². The van der Waals surface area contributed by atoms with Crippen LogP contribution in [-0.2, 0) is 51.6 Å². The lowest BCUT2D eigenvalue weighted by molar-refractivity contribution is -0.163. The minimum Gasteiger partial charge on any atom is -0.440 e. The highest BCUT2D eigenvalue weighted by Gasteiger charge is 2.75. The van der Waals surface area contributed by atoms with Gasteiger partial charge in [0.25, 0.3) is 45.9 Å². The number of aliphatic hydroxyl groups is 2.